The van der Waals surface area contributed by atoms with E-state index in [2.05, 4.69) is 21.7 Å². The molecule has 0 aliphatic rings. The van der Waals surface area contributed by atoms with E-state index < -0.39 is 10.0 Å². The number of sulfonamides is 1. The molecule has 2 aromatic carbocycles. The van der Waals surface area contributed by atoms with Crippen molar-refractivity contribution in [1.29, 1.82) is 0 Å². The number of aryl methyl sites for hydroxylation is 1. The number of imidazole rings is 1. The van der Waals surface area contributed by atoms with Crippen molar-refractivity contribution in [2.45, 2.75) is 42.2 Å². The van der Waals surface area contributed by atoms with E-state index in [-0.39, 0.29) is 4.90 Å². The second kappa shape index (κ2) is 9.43. The van der Waals surface area contributed by atoms with Gasteiger partial charge in [0.05, 0.1) is 28.1 Å². The third kappa shape index (κ3) is 4.72. The van der Waals surface area contributed by atoms with Crippen LogP contribution in [0.4, 0.5) is 0 Å². The van der Waals surface area contributed by atoms with E-state index in [0.29, 0.717) is 28.8 Å². The Morgan fingerprint density at radius 2 is 1.88 bits per heavy atom. The van der Waals surface area contributed by atoms with Crippen molar-refractivity contribution in [3.8, 4) is 0 Å². The molecule has 4 rings (SSSR count). The van der Waals surface area contributed by atoms with Crippen molar-refractivity contribution < 1.29 is 12.8 Å². The van der Waals surface area contributed by atoms with Crippen LogP contribution >= 0.6 is 11.8 Å². The largest absolute Gasteiger partial charge is 0.416 e. The van der Waals surface area contributed by atoms with E-state index in [4.69, 9.17) is 9.40 Å². The Morgan fingerprint density at radius 1 is 1.09 bits per heavy atom. The molecule has 0 saturated heterocycles. The van der Waals surface area contributed by atoms with Gasteiger partial charge in [0, 0.05) is 20.6 Å². The van der Waals surface area contributed by atoms with Crippen molar-refractivity contribution in [1.82, 2.24) is 24.1 Å². The molecule has 0 spiro atoms. The van der Waals surface area contributed by atoms with E-state index in [1.807, 2.05) is 36.4 Å². The van der Waals surface area contributed by atoms with Crippen LogP contribution in [-0.4, -0.2) is 46.6 Å². The molecule has 0 N–H and O–H groups in total. The Kier molecular flexibility index (Phi) is 6.63. The van der Waals surface area contributed by atoms with Gasteiger partial charge in [-0.3, -0.25) is 0 Å². The molecule has 0 atom stereocenters. The lowest BCUT2D eigenvalue weighted by molar-refractivity contribution is 0.420. The molecule has 10 heteroatoms. The third-order valence-corrected chi connectivity index (χ3v) is 7.62. The lowest BCUT2D eigenvalue weighted by atomic mass is 10.2. The average Bonchev–Trinajstić information content (AvgIpc) is 3.37. The molecule has 0 aliphatic heterocycles. The molecular formula is C22H25N5O3S2. The Bertz CT molecular complexity index is 1310. The molecule has 4 aromatic rings. The van der Waals surface area contributed by atoms with E-state index in [0.717, 1.165) is 29.9 Å². The SMILES string of the molecule is CCCn1c(CSc2nnc(Cc3ccccc3)o2)nc2cc(S(=O)(=O)N(C)C)ccc21. The van der Waals surface area contributed by atoms with Gasteiger partial charge in [0.15, 0.2) is 0 Å². The molecular weight excluding hydrogens is 446 g/mol. The highest BCUT2D eigenvalue weighted by atomic mass is 32.2. The van der Waals surface area contributed by atoms with Crippen LogP contribution in [-0.2, 0) is 28.7 Å². The summed E-state index contributed by atoms with van der Waals surface area (Å²) in [5, 5.41) is 8.78. The van der Waals surface area contributed by atoms with Gasteiger partial charge in [-0.2, -0.15) is 0 Å². The van der Waals surface area contributed by atoms with Crippen molar-refractivity contribution in [3.05, 3.63) is 65.8 Å². The van der Waals surface area contributed by atoms with Crippen LogP contribution in [0.3, 0.4) is 0 Å². The first-order valence-corrected chi connectivity index (χ1v) is 12.7. The smallest absolute Gasteiger partial charge is 0.277 e. The summed E-state index contributed by atoms with van der Waals surface area (Å²) in [4.78, 5) is 4.96. The minimum absolute atomic E-state index is 0.234. The molecule has 0 aliphatic carbocycles. The fourth-order valence-electron chi connectivity index (χ4n) is 3.38. The van der Waals surface area contributed by atoms with E-state index in [9.17, 15) is 8.42 Å². The van der Waals surface area contributed by atoms with E-state index in [1.54, 1.807) is 12.1 Å². The average molecular weight is 472 g/mol. The second-order valence-corrected chi connectivity index (χ2v) is 10.6. The van der Waals surface area contributed by atoms with Gasteiger partial charge >= 0.3 is 0 Å². The summed E-state index contributed by atoms with van der Waals surface area (Å²) in [5.41, 5.74) is 2.68. The minimum atomic E-state index is -3.52. The number of fused-ring (bicyclic) bond motifs is 1. The van der Waals surface area contributed by atoms with Crippen molar-refractivity contribution in [2.75, 3.05) is 14.1 Å². The first kappa shape index (κ1) is 22.5. The lowest BCUT2D eigenvalue weighted by Crippen LogP contribution is -2.22. The number of thioether (sulfide) groups is 1. The maximum Gasteiger partial charge on any atom is 0.277 e. The topological polar surface area (TPSA) is 94.1 Å². The minimum Gasteiger partial charge on any atom is -0.416 e. The molecule has 0 saturated carbocycles. The zero-order valence-electron chi connectivity index (χ0n) is 18.2. The monoisotopic (exact) mass is 471 g/mol. The van der Waals surface area contributed by atoms with Gasteiger partial charge in [-0.05, 0) is 30.2 Å². The maximum atomic E-state index is 12.5. The van der Waals surface area contributed by atoms with Crippen molar-refractivity contribution >= 4 is 32.8 Å². The standard InChI is InChI=1S/C22H25N5O3S2/c1-4-12-27-19-11-10-17(32(28,29)26(2)3)14-18(19)23-20(27)15-31-22-25-24-21(30-22)13-16-8-6-5-7-9-16/h5-11,14H,4,12-13,15H2,1-3H3. The van der Waals surface area contributed by atoms with Crippen LogP contribution < -0.4 is 0 Å². The number of nitrogens with zero attached hydrogens (tertiary/aromatic N) is 5. The van der Waals surface area contributed by atoms with Crippen LogP contribution in [0.1, 0.15) is 30.6 Å². The molecule has 2 aromatic heterocycles. The Morgan fingerprint density at radius 3 is 2.59 bits per heavy atom. The normalized spacial score (nSPS) is 12.1. The summed E-state index contributed by atoms with van der Waals surface area (Å²) in [5.74, 6) is 1.95. The second-order valence-electron chi connectivity index (χ2n) is 7.53. The predicted molar refractivity (Wildman–Crippen MR) is 124 cm³/mol. The molecule has 32 heavy (non-hydrogen) atoms. The number of hydrogen-bond donors (Lipinski definition) is 0. The summed E-state index contributed by atoms with van der Waals surface area (Å²) in [6.45, 7) is 2.89. The fourth-order valence-corrected chi connectivity index (χ4v) is 5.03. The molecule has 168 valence electrons. The summed E-state index contributed by atoms with van der Waals surface area (Å²) in [6.07, 6.45) is 1.52. The highest BCUT2D eigenvalue weighted by Crippen LogP contribution is 2.27. The molecule has 0 fully saturated rings. The van der Waals surface area contributed by atoms with Crippen LogP contribution in [0.2, 0.25) is 0 Å². The van der Waals surface area contributed by atoms with Gasteiger partial charge in [0.25, 0.3) is 5.22 Å². The Balaban J connectivity index is 1.55. The fraction of sp³-hybridized carbons (Fsp3) is 0.318. The number of aromatic nitrogens is 4. The lowest BCUT2D eigenvalue weighted by Gasteiger charge is -2.11. The summed E-state index contributed by atoms with van der Waals surface area (Å²) in [7, 11) is -0.474. The van der Waals surface area contributed by atoms with Gasteiger partial charge in [-0.1, -0.05) is 49.0 Å². The molecule has 0 unspecified atom stereocenters. The van der Waals surface area contributed by atoms with Gasteiger partial charge in [0.1, 0.15) is 5.82 Å². The van der Waals surface area contributed by atoms with Gasteiger partial charge in [0.2, 0.25) is 15.9 Å². The number of hydrogen-bond acceptors (Lipinski definition) is 7. The highest BCUT2D eigenvalue weighted by Gasteiger charge is 2.20. The van der Waals surface area contributed by atoms with Gasteiger partial charge in [-0.15, -0.1) is 10.2 Å². The highest BCUT2D eigenvalue weighted by molar-refractivity contribution is 7.98. The molecule has 2 heterocycles. The van der Waals surface area contributed by atoms with Crippen LogP contribution in [0, 0.1) is 0 Å². The van der Waals surface area contributed by atoms with Crippen LogP contribution in [0.25, 0.3) is 11.0 Å². The number of benzene rings is 2. The van der Waals surface area contributed by atoms with Crippen LogP contribution in [0.15, 0.2) is 63.1 Å². The zero-order chi connectivity index (χ0) is 22.7. The van der Waals surface area contributed by atoms with Crippen molar-refractivity contribution in [3.63, 3.8) is 0 Å². The summed E-state index contributed by atoms with van der Waals surface area (Å²) >= 11 is 1.42. The number of rotatable bonds is 9. The summed E-state index contributed by atoms with van der Waals surface area (Å²) in [6, 6.07) is 15.1. The first-order valence-electron chi connectivity index (χ1n) is 10.3. The van der Waals surface area contributed by atoms with E-state index in [1.165, 1.54) is 30.2 Å². The third-order valence-electron chi connectivity index (χ3n) is 5.00. The quantitative estimate of drug-likeness (QED) is 0.341. The predicted octanol–water partition coefficient (Wildman–Crippen LogP) is 3.96. The van der Waals surface area contributed by atoms with Crippen LogP contribution in [0.5, 0.6) is 0 Å². The molecule has 0 bridgehead atoms. The molecule has 0 radical (unpaired) electrons. The molecule has 0 amide bonds. The summed E-state index contributed by atoms with van der Waals surface area (Å²) < 4.78 is 34.1. The van der Waals surface area contributed by atoms with Crippen molar-refractivity contribution in [2.24, 2.45) is 0 Å². The van der Waals surface area contributed by atoms with E-state index >= 15 is 0 Å². The Hall–Kier alpha value is -2.69. The first-order chi connectivity index (χ1) is 15.4. The molecule has 8 nitrogen and oxygen atoms in total. The van der Waals surface area contributed by atoms with Gasteiger partial charge in [-0.25, -0.2) is 17.7 Å². The zero-order valence-corrected chi connectivity index (χ0v) is 19.9. The maximum absolute atomic E-state index is 12.5. The Labute approximate surface area is 191 Å². The van der Waals surface area contributed by atoms with Gasteiger partial charge < -0.3 is 8.98 Å².